The maximum atomic E-state index is 10.5. The zero-order valence-corrected chi connectivity index (χ0v) is 8.14. The van der Waals surface area contributed by atoms with Crippen molar-refractivity contribution < 1.29 is 9.72 Å². The highest BCUT2D eigenvalue weighted by Crippen LogP contribution is 2.16. The Morgan fingerprint density at radius 2 is 2.00 bits per heavy atom. The number of carbonyl (C=O) groups excluding carboxylic acids is 1. The van der Waals surface area contributed by atoms with E-state index in [1.807, 2.05) is 0 Å². The number of nitrogens with two attached hydrogens (primary N) is 1. The van der Waals surface area contributed by atoms with Crippen LogP contribution >= 0.6 is 0 Å². The van der Waals surface area contributed by atoms with Gasteiger partial charge < -0.3 is 11.1 Å². The van der Waals surface area contributed by atoms with Gasteiger partial charge in [-0.2, -0.15) is 0 Å². The first-order valence-electron chi connectivity index (χ1n) is 4.22. The summed E-state index contributed by atoms with van der Waals surface area (Å²) in [5, 5.41) is 13.1. The highest BCUT2D eigenvalue weighted by Gasteiger charge is 2.16. The average molecular weight is 209 g/mol. The van der Waals surface area contributed by atoms with Gasteiger partial charge in [-0.05, 0) is 19.1 Å². The number of non-ortho nitro benzene ring substituents is 1. The quantitative estimate of drug-likeness (QED) is 0.332. The van der Waals surface area contributed by atoms with Gasteiger partial charge in [0.1, 0.15) is 5.66 Å². The minimum atomic E-state index is -1.17. The van der Waals surface area contributed by atoms with E-state index in [1.54, 1.807) is 0 Å². The summed E-state index contributed by atoms with van der Waals surface area (Å²) >= 11 is 0. The lowest BCUT2D eigenvalue weighted by molar-refractivity contribution is -0.384. The van der Waals surface area contributed by atoms with Crippen molar-refractivity contribution in [2.45, 2.75) is 12.6 Å². The van der Waals surface area contributed by atoms with E-state index in [2.05, 4.69) is 5.32 Å². The molecule has 0 saturated carbocycles. The van der Waals surface area contributed by atoms with Crippen molar-refractivity contribution in [3.05, 3.63) is 34.4 Å². The Kier molecular flexibility index (Phi) is 3.01. The van der Waals surface area contributed by atoms with E-state index >= 15 is 0 Å². The molecule has 0 radical (unpaired) electrons. The molecule has 1 rings (SSSR count). The van der Waals surface area contributed by atoms with E-state index in [1.165, 1.54) is 31.2 Å². The fraction of sp³-hybridized carbons (Fsp3) is 0.222. The summed E-state index contributed by atoms with van der Waals surface area (Å²) in [5.74, 6) is 0. The highest BCUT2D eigenvalue weighted by molar-refractivity contribution is 5.69. The minimum absolute atomic E-state index is 0.00891. The molecule has 0 aliphatic carbocycles. The minimum Gasteiger partial charge on any atom is -0.362 e. The van der Waals surface area contributed by atoms with E-state index in [-0.39, 0.29) is 5.69 Å². The lowest BCUT2D eigenvalue weighted by Crippen LogP contribution is -2.46. The summed E-state index contributed by atoms with van der Waals surface area (Å²) in [6.45, 7) is 1.50. The standard InChI is InChI=1S/C9H11N3O3/c1-9(10,6-13)11-7-2-4-8(5-3-7)12(14)15/h2-6,11H,10H2,1H3/t9-/m0/s1. The second-order valence-corrected chi connectivity index (χ2v) is 3.33. The number of nitro benzene ring substituents is 1. The topological polar surface area (TPSA) is 98.3 Å². The van der Waals surface area contributed by atoms with Crippen molar-refractivity contribution in [3.63, 3.8) is 0 Å². The SMILES string of the molecule is C[C@@](N)(C=O)Nc1ccc([N+](=O)[O-])cc1. The monoisotopic (exact) mass is 209 g/mol. The molecule has 1 atom stereocenters. The Labute approximate surface area is 86.2 Å². The molecule has 80 valence electrons. The number of nitrogens with zero attached hydrogens (tertiary/aromatic N) is 1. The predicted octanol–water partition coefficient (Wildman–Crippen LogP) is 0.881. The summed E-state index contributed by atoms with van der Waals surface area (Å²) in [7, 11) is 0. The molecule has 0 aliphatic heterocycles. The van der Waals surface area contributed by atoms with Gasteiger partial charge in [-0.3, -0.25) is 14.9 Å². The van der Waals surface area contributed by atoms with Crippen molar-refractivity contribution in [2.75, 3.05) is 5.32 Å². The lowest BCUT2D eigenvalue weighted by Gasteiger charge is -2.20. The third-order valence-corrected chi connectivity index (χ3v) is 1.74. The fourth-order valence-electron chi connectivity index (χ4n) is 1.01. The van der Waals surface area contributed by atoms with Crippen molar-refractivity contribution in [1.29, 1.82) is 0 Å². The highest BCUT2D eigenvalue weighted by atomic mass is 16.6. The Morgan fingerprint density at radius 1 is 1.47 bits per heavy atom. The van der Waals surface area contributed by atoms with Crippen LogP contribution in [0.3, 0.4) is 0 Å². The van der Waals surface area contributed by atoms with Gasteiger partial charge in [0.15, 0.2) is 6.29 Å². The normalized spacial score (nSPS) is 14.0. The molecule has 0 aromatic heterocycles. The second kappa shape index (κ2) is 4.05. The number of benzene rings is 1. The third-order valence-electron chi connectivity index (χ3n) is 1.74. The molecular formula is C9H11N3O3. The van der Waals surface area contributed by atoms with Crippen LogP contribution in [0.4, 0.5) is 11.4 Å². The van der Waals surface area contributed by atoms with Gasteiger partial charge in [0.25, 0.3) is 5.69 Å². The summed E-state index contributed by atoms with van der Waals surface area (Å²) in [4.78, 5) is 20.4. The van der Waals surface area contributed by atoms with Gasteiger partial charge in [-0.25, -0.2) is 0 Å². The molecule has 0 saturated heterocycles. The number of nitrogens with one attached hydrogen (secondary N) is 1. The molecule has 0 aliphatic rings. The van der Waals surface area contributed by atoms with E-state index in [4.69, 9.17) is 5.73 Å². The van der Waals surface area contributed by atoms with Crippen LogP contribution in [0.25, 0.3) is 0 Å². The molecule has 1 aromatic rings. The molecule has 0 bridgehead atoms. The molecule has 6 heteroatoms. The van der Waals surface area contributed by atoms with Crippen molar-refractivity contribution in [3.8, 4) is 0 Å². The molecular weight excluding hydrogens is 198 g/mol. The number of aldehydes is 1. The Hall–Kier alpha value is -1.95. The Balaban J connectivity index is 2.81. The number of rotatable bonds is 4. The largest absolute Gasteiger partial charge is 0.362 e. The Morgan fingerprint density at radius 3 is 2.40 bits per heavy atom. The first-order chi connectivity index (χ1) is 6.94. The van der Waals surface area contributed by atoms with Gasteiger partial charge in [-0.1, -0.05) is 0 Å². The van der Waals surface area contributed by atoms with Crippen LogP contribution in [0.5, 0.6) is 0 Å². The lowest BCUT2D eigenvalue weighted by atomic mass is 10.2. The number of carbonyl (C=O) groups is 1. The van der Waals surface area contributed by atoms with E-state index < -0.39 is 10.6 Å². The van der Waals surface area contributed by atoms with Crippen molar-refractivity contribution >= 4 is 17.7 Å². The smallest absolute Gasteiger partial charge is 0.269 e. The zero-order valence-electron chi connectivity index (χ0n) is 8.14. The second-order valence-electron chi connectivity index (χ2n) is 3.33. The number of hydrogen-bond donors (Lipinski definition) is 2. The predicted molar refractivity (Wildman–Crippen MR) is 55.4 cm³/mol. The third kappa shape index (κ3) is 3.03. The summed E-state index contributed by atoms with van der Waals surface area (Å²) in [6.07, 6.45) is 0.564. The van der Waals surface area contributed by atoms with E-state index in [0.717, 1.165) is 0 Å². The van der Waals surface area contributed by atoms with Crippen LogP contribution in [0, 0.1) is 10.1 Å². The van der Waals surface area contributed by atoms with Gasteiger partial charge in [0.2, 0.25) is 0 Å². The summed E-state index contributed by atoms with van der Waals surface area (Å²) in [5.41, 5.74) is 4.91. The maximum Gasteiger partial charge on any atom is 0.269 e. The van der Waals surface area contributed by atoms with Crippen LogP contribution in [-0.2, 0) is 4.79 Å². The molecule has 6 nitrogen and oxygen atoms in total. The van der Waals surface area contributed by atoms with E-state index in [9.17, 15) is 14.9 Å². The molecule has 0 amide bonds. The van der Waals surface area contributed by atoms with Gasteiger partial charge >= 0.3 is 0 Å². The molecule has 3 N–H and O–H groups in total. The van der Waals surface area contributed by atoms with Crippen LogP contribution < -0.4 is 11.1 Å². The number of nitro groups is 1. The first kappa shape index (κ1) is 11.1. The maximum absolute atomic E-state index is 10.5. The molecule has 0 fully saturated rings. The first-order valence-corrected chi connectivity index (χ1v) is 4.22. The summed E-state index contributed by atoms with van der Waals surface area (Å²) < 4.78 is 0. The van der Waals surface area contributed by atoms with Crippen molar-refractivity contribution in [1.82, 2.24) is 0 Å². The van der Waals surface area contributed by atoms with Gasteiger partial charge in [-0.15, -0.1) is 0 Å². The molecule has 0 spiro atoms. The van der Waals surface area contributed by atoms with Crippen LogP contribution in [0.1, 0.15) is 6.92 Å². The van der Waals surface area contributed by atoms with Crippen LogP contribution in [0.15, 0.2) is 24.3 Å². The average Bonchev–Trinajstić information content (AvgIpc) is 2.18. The van der Waals surface area contributed by atoms with Crippen molar-refractivity contribution in [2.24, 2.45) is 5.73 Å². The van der Waals surface area contributed by atoms with Crippen LogP contribution in [0.2, 0.25) is 0 Å². The molecule has 0 unspecified atom stereocenters. The fourth-order valence-corrected chi connectivity index (χ4v) is 1.01. The molecule has 15 heavy (non-hydrogen) atoms. The Bertz CT molecular complexity index is 373. The van der Waals surface area contributed by atoms with Gasteiger partial charge in [0.05, 0.1) is 4.92 Å². The van der Waals surface area contributed by atoms with Crippen LogP contribution in [-0.4, -0.2) is 16.9 Å². The molecule has 1 aromatic carbocycles. The zero-order chi connectivity index (χ0) is 11.5. The number of anilines is 1. The van der Waals surface area contributed by atoms with E-state index in [0.29, 0.717) is 12.0 Å². The molecule has 0 heterocycles. The number of hydrogen-bond acceptors (Lipinski definition) is 5. The van der Waals surface area contributed by atoms with Gasteiger partial charge in [0, 0.05) is 17.8 Å². The summed E-state index contributed by atoms with van der Waals surface area (Å²) in [6, 6.07) is 5.66.